The summed E-state index contributed by atoms with van der Waals surface area (Å²) < 4.78 is 0. The maximum absolute atomic E-state index is 15.0. The van der Waals surface area contributed by atoms with Crippen molar-refractivity contribution in [3.63, 3.8) is 0 Å². The van der Waals surface area contributed by atoms with E-state index >= 15 is 0 Å². The number of aliphatic hydroxyl groups excluding tert-OH is 1. The zero-order valence-corrected chi connectivity index (χ0v) is 57.0. The number of carbonyl (C=O) groups excluding carboxylic acids is 12. The van der Waals surface area contributed by atoms with Crippen molar-refractivity contribution in [3.8, 4) is 0 Å². The van der Waals surface area contributed by atoms with Crippen LogP contribution in [0, 0.1) is 53.3 Å². The molecule has 0 aliphatic carbocycles. The second-order valence-corrected chi connectivity index (χ2v) is 26.6. The molecule has 87 heavy (non-hydrogen) atoms. The molecule has 11 amide bonds. The van der Waals surface area contributed by atoms with E-state index in [1.54, 1.807) is 48.5 Å². The lowest BCUT2D eigenvalue weighted by molar-refractivity contribution is -0.160. The zero-order chi connectivity index (χ0) is 67.4. The summed E-state index contributed by atoms with van der Waals surface area (Å²) in [4.78, 5) is 178. The van der Waals surface area contributed by atoms with Gasteiger partial charge in [0.25, 0.3) is 0 Å². The summed E-state index contributed by atoms with van der Waals surface area (Å²) in [6.07, 6.45) is -0.456. The number of hydrogen-bond donors (Lipinski definition) is 6. The van der Waals surface area contributed by atoms with Crippen LogP contribution in [0.4, 0.5) is 0 Å². The van der Waals surface area contributed by atoms with Crippen LogP contribution in [0.5, 0.6) is 0 Å². The number of likely N-dealkylation sites (N-methyl/N-ethyl adjacent to an activating group) is 6. The van der Waals surface area contributed by atoms with Crippen molar-refractivity contribution in [2.45, 2.75) is 224 Å². The molecular formula is C63H113N11O13. The van der Waals surface area contributed by atoms with Gasteiger partial charge in [0.15, 0.2) is 5.78 Å². The van der Waals surface area contributed by atoms with Crippen LogP contribution in [0.15, 0.2) is 0 Å². The molecule has 1 fully saturated rings. The summed E-state index contributed by atoms with van der Waals surface area (Å²) in [6.45, 7) is 29.0. The summed E-state index contributed by atoms with van der Waals surface area (Å²) in [7, 11) is 8.49. The van der Waals surface area contributed by atoms with Crippen LogP contribution in [-0.4, -0.2) is 215 Å². The molecule has 24 nitrogen and oxygen atoms in total. The average Bonchev–Trinajstić information content (AvgIpc) is 1.69. The van der Waals surface area contributed by atoms with Gasteiger partial charge in [-0.25, -0.2) is 0 Å². The van der Waals surface area contributed by atoms with E-state index in [9.17, 15) is 62.6 Å². The van der Waals surface area contributed by atoms with Gasteiger partial charge in [0, 0.05) is 67.6 Å². The maximum atomic E-state index is 15.0. The normalized spacial score (nSPS) is 27.4. The van der Waals surface area contributed by atoms with Crippen LogP contribution in [0.25, 0.3) is 0 Å². The van der Waals surface area contributed by atoms with E-state index < -0.39 is 156 Å². The van der Waals surface area contributed by atoms with Crippen molar-refractivity contribution < 1.29 is 62.6 Å². The Labute approximate surface area is 519 Å². The van der Waals surface area contributed by atoms with Gasteiger partial charge in [-0.05, 0) is 87.4 Å². The lowest BCUT2D eigenvalue weighted by Crippen LogP contribution is -2.61. The Kier molecular flexibility index (Phi) is 32.9. The van der Waals surface area contributed by atoms with Gasteiger partial charge in [-0.1, -0.05) is 110 Å². The van der Waals surface area contributed by atoms with Gasteiger partial charge in [0.2, 0.25) is 65.0 Å². The lowest BCUT2D eigenvalue weighted by Gasteiger charge is -2.40. The quantitative estimate of drug-likeness (QED) is 0.121. The number of unbranched alkanes of at least 4 members (excludes halogenated alkanes) is 1. The third-order valence-corrected chi connectivity index (χ3v) is 16.7. The lowest BCUT2D eigenvalue weighted by atomic mass is 9.85. The molecule has 0 spiro atoms. The molecule has 0 aromatic carbocycles. The van der Waals surface area contributed by atoms with E-state index in [0.717, 1.165) is 4.90 Å². The standard InChI is InChI=1S/C63H113N11O13/c1-24-45-53(77)40(14)41(15)58(82)70(19)47(30-35(4)5)57(81)68-51(38(10)11)62(86)71(20)46(29-34(2)3)56(80)66-42(16)54(78)65-33-50(76)69(18)48(31-36(6)7)60(84)72(21)49(32-37(8)9)61(85)73(22)52(39(12)13)63(87)74(23)59(83)44(55(79)67-45)27-25-26-28-64-43(17)75/h34-42,44-49,51-52,59,83H,24-33H2,1-23H3,(H,64,75)(H,65,78)(H,66,80)(H,67,79)(H,68,81). The molecule has 12 atom stereocenters. The fourth-order valence-electron chi connectivity index (χ4n) is 11.0. The third-order valence-electron chi connectivity index (χ3n) is 16.7. The van der Waals surface area contributed by atoms with Crippen molar-refractivity contribution >= 4 is 70.8 Å². The molecule has 24 heteroatoms. The highest BCUT2D eigenvalue weighted by Crippen LogP contribution is 2.27. The molecular weight excluding hydrogens is 1120 g/mol. The van der Waals surface area contributed by atoms with E-state index in [2.05, 4.69) is 26.6 Å². The van der Waals surface area contributed by atoms with E-state index in [1.807, 2.05) is 55.4 Å². The van der Waals surface area contributed by atoms with Crippen LogP contribution in [0.1, 0.15) is 169 Å². The van der Waals surface area contributed by atoms with E-state index in [0.29, 0.717) is 6.42 Å². The molecule has 12 unspecified atom stereocenters. The van der Waals surface area contributed by atoms with Gasteiger partial charge in [0.1, 0.15) is 48.5 Å². The van der Waals surface area contributed by atoms with E-state index in [1.165, 1.54) is 80.6 Å². The van der Waals surface area contributed by atoms with Crippen LogP contribution < -0.4 is 26.6 Å². The van der Waals surface area contributed by atoms with E-state index in [-0.39, 0.29) is 81.1 Å². The highest BCUT2D eigenvalue weighted by atomic mass is 16.3. The first kappa shape index (κ1) is 78.8. The summed E-state index contributed by atoms with van der Waals surface area (Å²) in [5.74, 6) is -12.5. The Bertz CT molecular complexity index is 2360. The highest BCUT2D eigenvalue weighted by Gasteiger charge is 2.45. The monoisotopic (exact) mass is 1230 g/mol. The number of Topliss-reactive ketones (excluding diaryl/α,β-unsaturated/α-hetero) is 1. The fourth-order valence-corrected chi connectivity index (χ4v) is 11.0. The molecule has 0 radical (unpaired) electrons. The van der Waals surface area contributed by atoms with Gasteiger partial charge in [-0.2, -0.15) is 0 Å². The van der Waals surface area contributed by atoms with Crippen LogP contribution >= 0.6 is 0 Å². The van der Waals surface area contributed by atoms with Crippen molar-refractivity contribution in [1.82, 2.24) is 56.0 Å². The molecule has 0 saturated carbocycles. The molecule has 0 aromatic heterocycles. The Morgan fingerprint density at radius 1 is 0.517 bits per heavy atom. The number of aliphatic hydroxyl groups is 1. The first-order valence-electron chi connectivity index (χ1n) is 31.4. The molecule has 1 rings (SSSR count). The zero-order valence-electron chi connectivity index (χ0n) is 57.0. The molecule has 1 aliphatic rings. The number of amides is 11. The predicted molar refractivity (Wildman–Crippen MR) is 333 cm³/mol. The summed E-state index contributed by atoms with van der Waals surface area (Å²) >= 11 is 0. The maximum Gasteiger partial charge on any atom is 0.247 e. The van der Waals surface area contributed by atoms with Gasteiger partial charge < -0.3 is 61.1 Å². The average molecular weight is 1230 g/mol. The van der Waals surface area contributed by atoms with Crippen molar-refractivity contribution in [2.24, 2.45) is 53.3 Å². The van der Waals surface area contributed by atoms with Gasteiger partial charge in [-0.15, -0.1) is 0 Å². The third kappa shape index (κ3) is 23.0. The second kappa shape index (κ2) is 36.3. The number of rotatable bonds is 16. The Morgan fingerprint density at radius 3 is 1.43 bits per heavy atom. The molecule has 498 valence electrons. The minimum Gasteiger partial charge on any atom is -0.373 e. The number of nitrogens with zero attached hydrogens (tertiary/aromatic N) is 6. The molecule has 1 heterocycles. The first-order chi connectivity index (χ1) is 40.2. The number of carbonyl (C=O) groups is 12. The van der Waals surface area contributed by atoms with Crippen molar-refractivity contribution in [3.05, 3.63) is 0 Å². The number of ketones is 1. The van der Waals surface area contributed by atoms with Gasteiger partial charge >= 0.3 is 0 Å². The topological polar surface area (TPSA) is 305 Å². The molecule has 1 saturated heterocycles. The summed E-state index contributed by atoms with van der Waals surface area (Å²) in [5.41, 5.74) is 0. The molecule has 0 aromatic rings. The fraction of sp³-hybridized carbons (Fsp3) is 0.810. The van der Waals surface area contributed by atoms with Crippen LogP contribution in [0.2, 0.25) is 0 Å². The smallest absolute Gasteiger partial charge is 0.247 e. The first-order valence-corrected chi connectivity index (χ1v) is 31.4. The minimum absolute atomic E-state index is 0.0126. The van der Waals surface area contributed by atoms with Gasteiger partial charge in [-0.3, -0.25) is 57.5 Å². The Morgan fingerprint density at radius 2 is 0.966 bits per heavy atom. The summed E-state index contributed by atoms with van der Waals surface area (Å²) in [5, 5.41) is 25.8. The van der Waals surface area contributed by atoms with Crippen LogP contribution in [0.3, 0.4) is 0 Å². The predicted octanol–water partition coefficient (Wildman–Crippen LogP) is 3.17. The van der Waals surface area contributed by atoms with E-state index in [4.69, 9.17) is 0 Å². The van der Waals surface area contributed by atoms with Crippen LogP contribution in [-0.2, 0) is 57.5 Å². The summed E-state index contributed by atoms with van der Waals surface area (Å²) in [6, 6.07) is -9.37. The Hall–Kier alpha value is -6.20. The SMILES string of the molecule is CCC1NC(=O)C(CCCCNC(C)=O)C(O)N(C)C(=O)C(C(C)C)N(C)C(=O)C(CC(C)C)N(C)C(=O)C(CC(C)C)N(C)C(=O)CNC(=O)C(C)NC(=O)C(CC(C)C)N(C)C(=O)C(C(C)C)NC(=O)C(CC(C)C)N(C)C(=O)C(C)C(C)C1=O. The largest absolute Gasteiger partial charge is 0.373 e. The minimum atomic E-state index is -1.81. The second-order valence-electron chi connectivity index (χ2n) is 26.6. The molecule has 6 N–H and O–H groups in total. The molecule has 0 bridgehead atoms. The Balaban J connectivity index is 4.25. The number of nitrogens with one attached hydrogen (secondary N) is 5. The highest BCUT2D eigenvalue weighted by molar-refractivity contribution is 5.99. The van der Waals surface area contributed by atoms with Crippen molar-refractivity contribution in [1.29, 1.82) is 0 Å². The molecule has 1 aliphatic heterocycles. The number of hydrogen-bond acceptors (Lipinski definition) is 13. The van der Waals surface area contributed by atoms with Gasteiger partial charge in [0.05, 0.1) is 18.5 Å². The van der Waals surface area contributed by atoms with Crippen molar-refractivity contribution in [2.75, 3.05) is 55.4 Å².